The summed E-state index contributed by atoms with van der Waals surface area (Å²) in [4.78, 5) is 29.3. The van der Waals surface area contributed by atoms with E-state index in [0.29, 0.717) is 28.0 Å². The van der Waals surface area contributed by atoms with Crippen LogP contribution in [-0.4, -0.2) is 32.9 Å². The number of carbonyl (C=O) groups excluding carboxylic acids is 2. The lowest BCUT2D eigenvalue weighted by Crippen LogP contribution is -2.56. The first-order valence-corrected chi connectivity index (χ1v) is 11.1. The summed E-state index contributed by atoms with van der Waals surface area (Å²) in [5.41, 5.74) is 3.02. The largest absolute Gasteiger partial charge is 0.317 e. The zero-order valence-electron chi connectivity index (χ0n) is 17.4. The summed E-state index contributed by atoms with van der Waals surface area (Å²) >= 11 is 17.8. The van der Waals surface area contributed by atoms with Crippen LogP contribution in [0.25, 0.3) is 11.8 Å². The number of hydrogen-bond donors (Lipinski definition) is 0. The van der Waals surface area contributed by atoms with Gasteiger partial charge in [0.05, 0.1) is 5.69 Å². The highest BCUT2D eigenvalue weighted by atomic mass is 35.5. The molecule has 0 unspecified atom stereocenters. The summed E-state index contributed by atoms with van der Waals surface area (Å²) in [6, 6.07) is 16.1. The van der Waals surface area contributed by atoms with Crippen molar-refractivity contribution >= 4 is 64.1 Å². The Kier molecular flexibility index (Phi) is 6.20. The lowest BCUT2D eigenvalue weighted by Gasteiger charge is -2.36. The van der Waals surface area contributed by atoms with Crippen molar-refractivity contribution in [1.29, 1.82) is 0 Å². The molecule has 2 heterocycles. The second kappa shape index (κ2) is 8.90. The van der Waals surface area contributed by atoms with Crippen LogP contribution in [0.4, 0.5) is 5.69 Å². The normalized spacial score (nSPS) is 15.8. The van der Waals surface area contributed by atoms with E-state index in [1.165, 1.54) is 9.80 Å². The van der Waals surface area contributed by atoms with Crippen molar-refractivity contribution in [3.05, 3.63) is 87.7 Å². The van der Waals surface area contributed by atoms with Crippen LogP contribution in [0, 0.1) is 6.92 Å². The fraction of sp³-hybridized carbons (Fsp3) is 0.125. The van der Waals surface area contributed by atoms with Gasteiger partial charge in [-0.3, -0.25) is 19.4 Å². The molecule has 0 N–H and O–H groups in total. The van der Waals surface area contributed by atoms with Crippen molar-refractivity contribution in [2.45, 2.75) is 13.8 Å². The van der Waals surface area contributed by atoms with Crippen molar-refractivity contribution in [3.63, 3.8) is 0 Å². The third-order valence-electron chi connectivity index (χ3n) is 5.24. The molecule has 8 heteroatoms. The summed E-state index contributed by atoms with van der Waals surface area (Å²) in [6.45, 7) is 4.08. The molecule has 0 spiro atoms. The monoisotopic (exact) mass is 483 g/mol. The van der Waals surface area contributed by atoms with E-state index in [9.17, 15) is 9.59 Å². The van der Waals surface area contributed by atoms with Crippen LogP contribution >= 0.6 is 35.4 Å². The number of benzene rings is 2. The highest BCUT2D eigenvalue weighted by molar-refractivity contribution is 7.80. The van der Waals surface area contributed by atoms with Gasteiger partial charge in [0.2, 0.25) is 0 Å². The minimum Gasteiger partial charge on any atom is -0.317 e. The van der Waals surface area contributed by atoms with Gasteiger partial charge in [-0.05, 0) is 86.2 Å². The number of likely N-dealkylation sites (N-methyl/N-ethyl adjacent to an activating group) is 1. The van der Waals surface area contributed by atoms with Crippen LogP contribution in [0.2, 0.25) is 10.0 Å². The molecule has 1 saturated heterocycles. The number of aromatic nitrogens is 1. The van der Waals surface area contributed by atoms with Gasteiger partial charge in [-0.25, -0.2) is 0 Å². The van der Waals surface area contributed by atoms with Gasteiger partial charge in [-0.2, -0.15) is 0 Å². The van der Waals surface area contributed by atoms with Gasteiger partial charge < -0.3 is 4.57 Å². The molecule has 2 aromatic carbocycles. The van der Waals surface area contributed by atoms with E-state index in [1.807, 2.05) is 54.9 Å². The first-order valence-electron chi connectivity index (χ1n) is 9.93. The average molecular weight is 484 g/mol. The highest BCUT2D eigenvalue weighted by Crippen LogP contribution is 2.28. The molecule has 1 aromatic heterocycles. The molecule has 0 saturated carbocycles. The van der Waals surface area contributed by atoms with Crippen LogP contribution in [0.3, 0.4) is 0 Å². The van der Waals surface area contributed by atoms with Crippen molar-refractivity contribution < 1.29 is 9.59 Å². The van der Waals surface area contributed by atoms with E-state index in [1.54, 1.807) is 30.3 Å². The summed E-state index contributed by atoms with van der Waals surface area (Å²) in [5.74, 6) is -0.913. The Bertz CT molecular complexity index is 1260. The van der Waals surface area contributed by atoms with E-state index in [2.05, 4.69) is 0 Å². The molecule has 0 bridgehead atoms. The zero-order chi connectivity index (χ0) is 23.0. The molecule has 0 aliphatic carbocycles. The third kappa shape index (κ3) is 3.97. The third-order valence-corrected chi connectivity index (χ3v) is 6.30. The van der Waals surface area contributed by atoms with Crippen LogP contribution < -0.4 is 4.90 Å². The molecule has 5 nitrogen and oxygen atoms in total. The minimum atomic E-state index is -0.485. The molecule has 4 rings (SSSR count). The Balaban J connectivity index is 1.80. The van der Waals surface area contributed by atoms with E-state index < -0.39 is 11.8 Å². The highest BCUT2D eigenvalue weighted by Gasteiger charge is 2.39. The zero-order valence-corrected chi connectivity index (χ0v) is 19.7. The standard InChI is InChI=1S/C24H19Cl2N3O2S/c1-3-27-22(30)20(23(31)29(24(27)32)17-10-7-16(25)8-11-17)13-18-5-4-12-28(18)19-9-6-15(2)21(26)14-19/h4-14H,3H2,1-2H3/b20-13+. The number of rotatable bonds is 4. The Morgan fingerprint density at radius 1 is 0.969 bits per heavy atom. The van der Waals surface area contributed by atoms with E-state index in [4.69, 9.17) is 35.4 Å². The van der Waals surface area contributed by atoms with Crippen LogP contribution in [0.15, 0.2) is 66.4 Å². The van der Waals surface area contributed by atoms with Gasteiger partial charge in [0.15, 0.2) is 5.11 Å². The number of hydrogen-bond acceptors (Lipinski definition) is 3. The van der Waals surface area contributed by atoms with Gasteiger partial charge in [0, 0.05) is 34.2 Å². The van der Waals surface area contributed by atoms with Crippen molar-refractivity contribution in [1.82, 2.24) is 9.47 Å². The number of amides is 2. The summed E-state index contributed by atoms with van der Waals surface area (Å²) < 4.78 is 1.87. The second-order valence-electron chi connectivity index (χ2n) is 7.24. The summed E-state index contributed by atoms with van der Waals surface area (Å²) in [7, 11) is 0. The van der Waals surface area contributed by atoms with Crippen LogP contribution in [0.1, 0.15) is 18.2 Å². The van der Waals surface area contributed by atoms with Gasteiger partial charge in [-0.15, -0.1) is 0 Å². The number of aryl methyl sites for hydroxylation is 1. The molecular weight excluding hydrogens is 465 g/mol. The molecule has 1 fully saturated rings. The molecule has 1 aliphatic rings. The van der Waals surface area contributed by atoms with Gasteiger partial charge in [-0.1, -0.05) is 29.3 Å². The Labute approximate surface area is 201 Å². The van der Waals surface area contributed by atoms with Gasteiger partial charge in [0.25, 0.3) is 11.8 Å². The SMILES string of the molecule is CCN1C(=O)/C(=C\c2cccn2-c2ccc(C)c(Cl)c2)C(=O)N(c2ccc(Cl)cc2)C1=S. The molecular formula is C24H19Cl2N3O2S. The fourth-order valence-corrected chi connectivity index (χ4v) is 4.20. The van der Waals surface area contributed by atoms with Crippen molar-refractivity contribution in [2.75, 3.05) is 11.4 Å². The van der Waals surface area contributed by atoms with Crippen molar-refractivity contribution in [3.8, 4) is 5.69 Å². The predicted octanol–water partition coefficient (Wildman–Crippen LogP) is 5.66. The minimum absolute atomic E-state index is 0.0218. The summed E-state index contributed by atoms with van der Waals surface area (Å²) in [6.07, 6.45) is 3.44. The topological polar surface area (TPSA) is 45.6 Å². The first kappa shape index (κ1) is 22.3. The van der Waals surface area contributed by atoms with Gasteiger partial charge >= 0.3 is 0 Å². The molecule has 3 aromatic rings. The number of anilines is 1. The Morgan fingerprint density at radius 3 is 2.31 bits per heavy atom. The molecule has 32 heavy (non-hydrogen) atoms. The fourth-order valence-electron chi connectivity index (χ4n) is 3.50. The Morgan fingerprint density at radius 2 is 1.66 bits per heavy atom. The smallest absolute Gasteiger partial charge is 0.270 e. The number of nitrogens with zero attached hydrogens (tertiary/aromatic N) is 3. The van der Waals surface area contributed by atoms with E-state index in [0.717, 1.165) is 11.3 Å². The lowest BCUT2D eigenvalue weighted by atomic mass is 10.1. The molecule has 2 amide bonds. The number of carbonyl (C=O) groups is 2. The maximum atomic E-state index is 13.4. The molecule has 1 aliphatic heterocycles. The lowest BCUT2D eigenvalue weighted by molar-refractivity contribution is -0.127. The maximum absolute atomic E-state index is 13.4. The molecule has 0 atom stereocenters. The van der Waals surface area contributed by atoms with E-state index in [-0.39, 0.29) is 10.7 Å². The quantitative estimate of drug-likeness (QED) is 0.273. The van der Waals surface area contributed by atoms with Crippen molar-refractivity contribution in [2.24, 2.45) is 0 Å². The Hall–Kier alpha value is -2.93. The van der Waals surface area contributed by atoms with Gasteiger partial charge in [0.1, 0.15) is 5.57 Å². The van der Waals surface area contributed by atoms with E-state index >= 15 is 0 Å². The van der Waals surface area contributed by atoms with Crippen LogP contribution in [-0.2, 0) is 9.59 Å². The predicted molar refractivity (Wildman–Crippen MR) is 132 cm³/mol. The molecule has 0 radical (unpaired) electrons. The van der Waals surface area contributed by atoms with Crippen LogP contribution in [0.5, 0.6) is 0 Å². The number of thiocarbonyl (C=S) groups is 1. The summed E-state index contributed by atoms with van der Waals surface area (Å²) in [5, 5.41) is 1.32. The number of halogens is 2. The second-order valence-corrected chi connectivity index (χ2v) is 8.45. The molecule has 162 valence electrons. The average Bonchev–Trinajstić information content (AvgIpc) is 3.23. The maximum Gasteiger partial charge on any atom is 0.270 e. The first-order chi connectivity index (χ1) is 15.3.